The summed E-state index contributed by atoms with van der Waals surface area (Å²) < 4.78 is 1.97. The van der Waals surface area contributed by atoms with E-state index < -0.39 is 0 Å². The number of hydrogen-bond acceptors (Lipinski definition) is 4. The lowest BCUT2D eigenvalue weighted by atomic mass is 10.3. The largest absolute Gasteiger partial charge is 0.352 e. The predicted octanol–water partition coefficient (Wildman–Crippen LogP) is 1.26. The Morgan fingerprint density at radius 1 is 1.41 bits per heavy atom. The molecule has 0 saturated carbocycles. The Hall–Kier alpha value is -2.17. The van der Waals surface area contributed by atoms with Gasteiger partial charge in [-0.1, -0.05) is 0 Å². The first-order valence-corrected chi connectivity index (χ1v) is 5.29. The van der Waals surface area contributed by atoms with Crippen LogP contribution in [0.3, 0.4) is 0 Å². The van der Waals surface area contributed by atoms with Gasteiger partial charge in [0.15, 0.2) is 6.29 Å². The van der Waals surface area contributed by atoms with Gasteiger partial charge in [0, 0.05) is 38.2 Å². The van der Waals surface area contributed by atoms with E-state index in [-0.39, 0.29) is 0 Å². The standard InChI is InChI=1S/C12H14N4O/c1-15-6-5-13-12(15)8-16(2)11-4-3-10(9-17)7-14-11/h3-7,9H,8H2,1-2H3. The van der Waals surface area contributed by atoms with Crippen LogP contribution in [0.1, 0.15) is 16.2 Å². The fraction of sp³-hybridized carbons (Fsp3) is 0.250. The van der Waals surface area contributed by atoms with E-state index in [1.165, 1.54) is 0 Å². The molecule has 88 valence electrons. The smallest absolute Gasteiger partial charge is 0.151 e. The van der Waals surface area contributed by atoms with Crippen LogP contribution in [-0.4, -0.2) is 27.9 Å². The van der Waals surface area contributed by atoms with E-state index in [1.54, 1.807) is 18.5 Å². The molecule has 2 aromatic heterocycles. The maximum Gasteiger partial charge on any atom is 0.151 e. The first-order chi connectivity index (χ1) is 8.20. The fourth-order valence-corrected chi connectivity index (χ4v) is 1.53. The Kier molecular flexibility index (Phi) is 3.18. The van der Waals surface area contributed by atoms with Gasteiger partial charge in [0.2, 0.25) is 0 Å². The van der Waals surface area contributed by atoms with Crippen LogP contribution in [0, 0.1) is 0 Å². The van der Waals surface area contributed by atoms with Crippen molar-refractivity contribution in [1.29, 1.82) is 0 Å². The van der Waals surface area contributed by atoms with Crippen molar-refractivity contribution in [3.63, 3.8) is 0 Å². The molecule has 0 aliphatic rings. The number of hydrogen-bond donors (Lipinski definition) is 0. The zero-order valence-electron chi connectivity index (χ0n) is 9.87. The molecule has 2 heterocycles. The lowest BCUT2D eigenvalue weighted by Crippen LogP contribution is -2.20. The zero-order valence-corrected chi connectivity index (χ0v) is 9.87. The first kappa shape index (κ1) is 11.3. The van der Waals surface area contributed by atoms with E-state index in [1.807, 2.05) is 35.8 Å². The van der Waals surface area contributed by atoms with Crippen molar-refractivity contribution in [2.24, 2.45) is 7.05 Å². The summed E-state index contributed by atoms with van der Waals surface area (Å²) in [5.41, 5.74) is 0.583. The molecule has 0 fully saturated rings. The van der Waals surface area contributed by atoms with Crippen LogP contribution >= 0.6 is 0 Å². The maximum absolute atomic E-state index is 10.5. The highest BCUT2D eigenvalue weighted by molar-refractivity contribution is 5.74. The van der Waals surface area contributed by atoms with E-state index in [0.717, 1.165) is 17.9 Å². The van der Waals surface area contributed by atoms with Crippen LogP contribution in [0.4, 0.5) is 5.82 Å². The van der Waals surface area contributed by atoms with Crippen molar-refractivity contribution in [3.8, 4) is 0 Å². The van der Waals surface area contributed by atoms with Crippen LogP contribution in [0.5, 0.6) is 0 Å². The Morgan fingerprint density at radius 2 is 2.24 bits per heavy atom. The third-order valence-corrected chi connectivity index (χ3v) is 2.60. The lowest BCUT2D eigenvalue weighted by Gasteiger charge is -2.17. The van der Waals surface area contributed by atoms with Gasteiger partial charge in [-0.05, 0) is 12.1 Å². The fourth-order valence-electron chi connectivity index (χ4n) is 1.53. The van der Waals surface area contributed by atoms with Gasteiger partial charge in [-0.25, -0.2) is 9.97 Å². The molecule has 0 amide bonds. The van der Waals surface area contributed by atoms with Crippen LogP contribution in [0.25, 0.3) is 0 Å². The molecule has 0 aromatic carbocycles. The molecule has 5 heteroatoms. The predicted molar refractivity (Wildman–Crippen MR) is 64.9 cm³/mol. The summed E-state index contributed by atoms with van der Waals surface area (Å²) in [4.78, 5) is 21.0. The quantitative estimate of drug-likeness (QED) is 0.742. The van der Waals surface area contributed by atoms with Crippen molar-refractivity contribution in [3.05, 3.63) is 42.1 Å². The number of pyridine rings is 1. The van der Waals surface area contributed by atoms with Crippen LogP contribution in [0.15, 0.2) is 30.7 Å². The third kappa shape index (κ3) is 2.50. The highest BCUT2D eigenvalue weighted by Gasteiger charge is 2.06. The highest BCUT2D eigenvalue weighted by atomic mass is 16.1. The topological polar surface area (TPSA) is 51.0 Å². The molecule has 2 aromatic rings. The molecular formula is C12H14N4O. The summed E-state index contributed by atoms with van der Waals surface area (Å²) in [7, 11) is 3.90. The summed E-state index contributed by atoms with van der Waals surface area (Å²) in [6.45, 7) is 0.678. The minimum absolute atomic E-state index is 0.583. The van der Waals surface area contributed by atoms with E-state index in [0.29, 0.717) is 12.1 Å². The Labute approximate surface area is 99.7 Å². The summed E-state index contributed by atoms with van der Waals surface area (Å²) >= 11 is 0. The molecule has 0 spiro atoms. The van der Waals surface area contributed by atoms with Crippen LogP contribution in [-0.2, 0) is 13.6 Å². The average molecular weight is 230 g/mol. The molecule has 0 radical (unpaired) electrons. The second kappa shape index (κ2) is 4.78. The zero-order chi connectivity index (χ0) is 12.3. The number of carbonyl (C=O) groups excluding carboxylic acids is 1. The number of nitrogens with zero attached hydrogens (tertiary/aromatic N) is 4. The van der Waals surface area contributed by atoms with Gasteiger partial charge in [-0.2, -0.15) is 0 Å². The van der Waals surface area contributed by atoms with Gasteiger partial charge in [-0.15, -0.1) is 0 Å². The molecule has 2 rings (SSSR count). The summed E-state index contributed by atoms with van der Waals surface area (Å²) in [5.74, 6) is 1.78. The van der Waals surface area contributed by atoms with Crippen molar-refractivity contribution < 1.29 is 4.79 Å². The van der Waals surface area contributed by atoms with E-state index in [4.69, 9.17) is 0 Å². The van der Waals surface area contributed by atoms with E-state index >= 15 is 0 Å². The van der Waals surface area contributed by atoms with E-state index in [2.05, 4.69) is 9.97 Å². The van der Waals surface area contributed by atoms with Crippen LogP contribution < -0.4 is 4.90 Å². The molecule has 0 unspecified atom stereocenters. The van der Waals surface area contributed by atoms with Gasteiger partial charge in [-0.3, -0.25) is 4.79 Å². The molecule has 0 aliphatic carbocycles. The number of imidazole rings is 1. The number of rotatable bonds is 4. The van der Waals surface area contributed by atoms with E-state index in [9.17, 15) is 4.79 Å². The highest BCUT2D eigenvalue weighted by Crippen LogP contribution is 2.11. The number of aryl methyl sites for hydroxylation is 1. The minimum Gasteiger partial charge on any atom is -0.352 e. The number of aromatic nitrogens is 3. The number of aldehydes is 1. The van der Waals surface area contributed by atoms with Gasteiger partial charge >= 0.3 is 0 Å². The third-order valence-electron chi connectivity index (χ3n) is 2.60. The minimum atomic E-state index is 0.583. The molecule has 0 bridgehead atoms. The van der Waals surface area contributed by atoms with Gasteiger partial charge in [0.25, 0.3) is 0 Å². The Morgan fingerprint density at radius 3 is 2.76 bits per heavy atom. The molecule has 5 nitrogen and oxygen atoms in total. The van der Waals surface area contributed by atoms with Crippen molar-refractivity contribution >= 4 is 12.1 Å². The molecule has 17 heavy (non-hydrogen) atoms. The normalized spacial score (nSPS) is 10.2. The van der Waals surface area contributed by atoms with Gasteiger partial charge in [0.1, 0.15) is 11.6 Å². The number of carbonyl (C=O) groups is 1. The van der Waals surface area contributed by atoms with Crippen molar-refractivity contribution in [2.45, 2.75) is 6.54 Å². The van der Waals surface area contributed by atoms with Crippen molar-refractivity contribution in [2.75, 3.05) is 11.9 Å². The second-order valence-electron chi connectivity index (χ2n) is 3.88. The van der Waals surface area contributed by atoms with Crippen molar-refractivity contribution in [1.82, 2.24) is 14.5 Å². The summed E-state index contributed by atoms with van der Waals surface area (Å²) in [5, 5.41) is 0. The SMILES string of the molecule is CN(Cc1nccn1C)c1ccc(C=O)cn1. The molecule has 0 saturated heterocycles. The van der Waals surface area contributed by atoms with Crippen LogP contribution in [0.2, 0.25) is 0 Å². The second-order valence-corrected chi connectivity index (χ2v) is 3.88. The Balaban J connectivity index is 2.11. The monoisotopic (exact) mass is 230 g/mol. The van der Waals surface area contributed by atoms with Gasteiger partial charge < -0.3 is 9.47 Å². The average Bonchev–Trinajstić information content (AvgIpc) is 2.75. The number of anilines is 1. The van der Waals surface area contributed by atoms with Gasteiger partial charge in [0.05, 0.1) is 6.54 Å². The first-order valence-electron chi connectivity index (χ1n) is 5.29. The Bertz CT molecular complexity index is 503. The lowest BCUT2D eigenvalue weighted by molar-refractivity contribution is 0.112. The molecule has 0 atom stereocenters. The summed E-state index contributed by atoms with van der Waals surface area (Å²) in [6.07, 6.45) is 6.03. The maximum atomic E-state index is 10.5. The molecular weight excluding hydrogens is 216 g/mol. The molecule has 0 aliphatic heterocycles. The summed E-state index contributed by atoms with van der Waals surface area (Å²) in [6, 6.07) is 3.58. The molecule has 0 N–H and O–H groups in total.